The van der Waals surface area contributed by atoms with E-state index in [0.29, 0.717) is 48.9 Å². The molecule has 1 unspecified atom stereocenters. The van der Waals surface area contributed by atoms with E-state index in [1.807, 2.05) is 0 Å². The minimum atomic E-state index is -4.78. The predicted octanol–water partition coefficient (Wildman–Crippen LogP) is 4.30. The van der Waals surface area contributed by atoms with Crippen molar-refractivity contribution in [3.63, 3.8) is 0 Å². The highest BCUT2D eigenvalue weighted by Crippen LogP contribution is 2.51. The SMILES string of the molecule is C=CC(=O)N1CCN(c2nc(=O)n3c4c(c(-c5ccc(F)c6cnn(C)c56)c(C(F)(F)F)cc24)SCC3CN2CCC2)CC1. The van der Waals surface area contributed by atoms with Crippen LogP contribution in [0.4, 0.5) is 23.4 Å². The average molecular weight is 628 g/mol. The first-order valence-corrected chi connectivity index (χ1v) is 15.4. The maximum atomic E-state index is 15.1. The third-order valence-electron chi connectivity index (χ3n) is 8.84. The van der Waals surface area contributed by atoms with Gasteiger partial charge in [-0.3, -0.25) is 14.0 Å². The quantitative estimate of drug-likeness (QED) is 0.241. The van der Waals surface area contributed by atoms with Crippen molar-refractivity contribution >= 4 is 45.3 Å². The van der Waals surface area contributed by atoms with Gasteiger partial charge in [0.1, 0.15) is 11.6 Å². The van der Waals surface area contributed by atoms with Gasteiger partial charge in [0.2, 0.25) is 5.91 Å². The van der Waals surface area contributed by atoms with Crippen LogP contribution in [0.2, 0.25) is 0 Å². The highest BCUT2D eigenvalue weighted by atomic mass is 32.2. The van der Waals surface area contributed by atoms with E-state index in [9.17, 15) is 14.0 Å². The van der Waals surface area contributed by atoms with Crippen LogP contribution < -0.4 is 10.6 Å². The number of carbonyl (C=O) groups excluding carboxylic acids is 1. The summed E-state index contributed by atoms with van der Waals surface area (Å²) in [5.41, 5.74) is -0.697. The topological polar surface area (TPSA) is 79.5 Å². The lowest BCUT2D eigenvalue weighted by Gasteiger charge is -2.39. The lowest BCUT2D eigenvalue weighted by atomic mass is 9.94. The number of thioether (sulfide) groups is 1. The van der Waals surface area contributed by atoms with E-state index >= 15 is 13.2 Å². The molecule has 0 saturated carbocycles. The molecule has 2 fully saturated rings. The molecule has 44 heavy (non-hydrogen) atoms. The lowest BCUT2D eigenvalue weighted by molar-refractivity contribution is -0.137. The summed E-state index contributed by atoms with van der Waals surface area (Å²) in [5.74, 6) is -0.268. The zero-order chi connectivity index (χ0) is 30.9. The first-order valence-electron chi connectivity index (χ1n) is 14.4. The van der Waals surface area contributed by atoms with Crippen LogP contribution in [0, 0.1) is 5.82 Å². The number of fused-ring (bicyclic) bond motifs is 1. The number of piperazine rings is 1. The minimum Gasteiger partial charge on any atom is -0.352 e. The molecule has 0 bridgehead atoms. The molecule has 0 N–H and O–H groups in total. The van der Waals surface area contributed by atoms with Gasteiger partial charge in [0, 0.05) is 66.9 Å². The van der Waals surface area contributed by atoms with Gasteiger partial charge in [-0.25, -0.2) is 9.18 Å². The first kappa shape index (κ1) is 28.8. The average Bonchev–Trinajstić information content (AvgIpc) is 3.38. The second kappa shape index (κ2) is 10.6. The van der Waals surface area contributed by atoms with Crippen LogP contribution >= 0.6 is 11.8 Å². The summed E-state index contributed by atoms with van der Waals surface area (Å²) in [6.45, 7) is 7.13. The highest BCUT2D eigenvalue weighted by Gasteiger charge is 2.40. The Hall–Kier alpha value is -3.91. The number of nitrogens with zero attached hydrogens (tertiary/aromatic N) is 7. The molecule has 3 aliphatic rings. The number of likely N-dealkylation sites (tertiary alicyclic amines) is 1. The number of hydrogen-bond acceptors (Lipinski definition) is 7. The van der Waals surface area contributed by atoms with E-state index in [-0.39, 0.29) is 45.2 Å². The Labute approximate surface area is 253 Å². The molecule has 7 rings (SSSR count). The molecule has 3 aliphatic heterocycles. The molecular weight excluding hydrogens is 598 g/mol. The molecule has 0 aliphatic carbocycles. The smallest absolute Gasteiger partial charge is 0.352 e. The molecular formula is C30H29F4N7O2S. The van der Waals surface area contributed by atoms with Crippen molar-refractivity contribution in [1.82, 2.24) is 29.1 Å². The van der Waals surface area contributed by atoms with Crippen molar-refractivity contribution in [3.8, 4) is 11.1 Å². The second-order valence-electron chi connectivity index (χ2n) is 11.4. The number of aryl methyl sites for hydroxylation is 1. The first-order chi connectivity index (χ1) is 21.1. The molecule has 0 radical (unpaired) electrons. The number of hydrogen-bond donors (Lipinski definition) is 0. The molecule has 9 nitrogen and oxygen atoms in total. The molecule has 0 spiro atoms. The zero-order valence-electron chi connectivity index (χ0n) is 23.9. The Balaban J connectivity index is 1.51. The summed E-state index contributed by atoms with van der Waals surface area (Å²) in [7, 11) is 1.57. The number of benzene rings is 2. The summed E-state index contributed by atoms with van der Waals surface area (Å²) in [5, 5.41) is 4.47. The van der Waals surface area contributed by atoms with Crippen molar-refractivity contribution in [3.05, 3.63) is 58.9 Å². The number of aromatic nitrogens is 4. The molecule has 14 heteroatoms. The molecule has 2 aromatic carbocycles. The normalized spacial score (nSPS) is 19.1. The number of rotatable bonds is 5. The number of alkyl halides is 3. The monoisotopic (exact) mass is 627 g/mol. The fourth-order valence-electron chi connectivity index (χ4n) is 6.55. The van der Waals surface area contributed by atoms with Gasteiger partial charge in [0.05, 0.1) is 34.2 Å². The van der Waals surface area contributed by atoms with E-state index in [1.54, 1.807) is 21.4 Å². The molecule has 2 saturated heterocycles. The Morgan fingerprint density at radius 2 is 1.86 bits per heavy atom. The minimum absolute atomic E-state index is 0.0994. The van der Waals surface area contributed by atoms with Gasteiger partial charge in [0.25, 0.3) is 0 Å². The van der Waals surface area contributed by atoms with Crippen LogP contribution in [0.5, 0.6) is 0 Å². The predicted molar refractivity (Wildman–Crippen MR) is 160 cm³/mol. The Morgan fingerprint density at radius 3 is 2.52 bits per heavy atom. The van der Waals surface area contributed by atoms with Crippen LogP contribution in [0.25, 0.3) is 32.9 Å². The third kappa shape index (κ3) is 4.57. The fourth-order valence-corrected chi connectivity index (χ4v) is 7.87. The standard InChI is InChI=1S/C30H29F4N7O2S/c1-3-23(42)39-9-11-40(12-10-39)28-19-13-21(30(32,33)34)24(18-5-6-22(31)20-14-35-37(2)25(18)20)27-26(19)41(29(43)36-28)17(16-44-27)15-38-7-4-8-38/h3,5-6,13-14,17H,1,4,7-12,15-16H2,2H3. The summed E-state index contributed by atoms with van der Waals surface area (Å²) in [4.78, 5) is 36.4. The van der Waals surface area contributed by atoms with Gasteiger partial charge >= 0.3 is 11.9 Å². The van der Waals surface area contributed by atoms with Gasteiger partial charge in [-0.15, -0.1) is 11.8 Å². The summed E-state index contributed by atoms with van der Waals surface area (Å²) in [6.07, 6.45) is -1.19. The number of anilines is 1. The van der Waals surface area contributed by atoms with Crippen molar-refractivity contribution in [2.45, 2.75) is 23.5 Å². The van der Waals surface area contributed by atoms with E-state index in [2.05, 4.69) is 21.6 Å². The van der Waals surface area contributed by atoms with Gasteiger partial charge in [-0.05, 0) is 43.8 Å². The van der Waals surface area contributed by atoms with E-state index in [4.69, 9.17) is 0 Å². The van der Waals surface area contributed by atoms with Crippen molar-refractivity contribution in [1.29, 1.82) is 0 Å². The summed E-state index contributed by atoms with van der Waals surface area (Å²) >= 11 is 1.29. The van der Waals surface area contributed by atoms with Gasteiger partial charge in [-0.1, -0.05) is 6.58 Å². The third-order valence-corrected chi connectivity index (χ3v) is 10.1. The van der Waals surface area contributed by atoms with Crippen molar-refractivity contribution in [2.75, 3.05) is 56.5 Å². The van der Waals surface area contributed by atoms with Gasteiger partial charge in [0.15, 0.2) is 0 Å². The van der Waals surface area contributed by atoms with Crippen LogP contribution in [-0.4, -0.2) is 86.6 Å². The fraction of sp³-hybridized carbons (Fsp3) is 0.400. The van der Waals surface area contributed by atoms with Crippen LogP contribution in [0.15, 0.2) is 46.7 Å². The van der Waals surface area contributed by atoms with Crippen LogP contribution in [0.1, 0.15) is 18.0 Å². The zero-order valence-corrected chi connectivity index (χ0v) is 24.7. The van der Waals surface area contributed by atoms with Crippen molar-refractivity contribution < 1.29 is 22.4 Å². The molecule has 5 heterocycles. The molecule has 1 amide bonds. The lowest BCUT2D eigenvalue weighted by Crippen LogP contribution is -2.49. The van der Waals surface area contributed by atoms with E-state index in [0.717, 1.165) is 31.6 Å². The molecule has 1 atom stereocenters. The van der Waals surface area contributed by atoms with E-state index < -0.39 is 23.2 Å². The Kier molecular flexibility index (Phi) is 6.96. The molecule has 4 aromatic rings. The largest absolute Gasteiger partial charge is 0.417 e. The molecule has 2 aromatic heterocycles. The summed E-state index contributed by atoms with van der Waals surface area (Å²) < 4.78 is 62.9. The number of halogens is 4. The maximum absolute atomic E-state index is 15.1. The van der Waals surface area contributed by atoms with Crippen LogP contribution in [-0.2, 0) is 18.0 Å². The van der Waals surface area contributed by atoms with Crippen molar-refractivity contribution in [2.24, 2.45) is 7.05 Å². The second-order valence-corrected chi connectivity index (χ2v) is 12.4. The van der Waals surface area contributed by atoms with E-state index in [1.165, 1.54) is 34.8 Å². The van der Waals surface area contributed by atoms with Crippen LogP contribution in [0.3, 0.4) is 0 Å². The molecule has 230 valence electrons. The number of carbonyl (C=O) groups is 1. The maximum Gasteiger partial charge on any atom is 0.417 e. The van der Waals surface area contributed by atoms with Gasteiger partial charge < -0.3 is 14.7 Å². The Bertz CT molecular complexity index is 1890. The summed E-state index contributed by atoms with van der Waals surface area (Å²) in [6, 6.07) is 3.32. The number of amides is 1. The Morgan fingerprint density at radius 1 is 1.11 bits per heavy atom. The highest BCUT2D eigenvalue weighted by molar-refractivity contribution is 7.99. The van der Waals surface area contributed by atoms with Gasteiger partial charge in [-0.2, -0.15) is 23.3 Å².